The molecule has 0 aromatic heterocycles. The molecule has 0 N–H and O–H groups in total. The minimum Gasteiger partial charge on any atom is -0.496 e. The first-order valence-corrected chi connectivity index (χ1v) is 10.5. The van der Waals surface area contributed by atoms with E-state index >= 15 is 0 Å². The molecular formula is C24H34O4. The average Bonchev–Trinajstić information content (AvgIpc) is 2.65. The van der Waals surface area contributed by atoms with Crippen LogP contribution in [0.25, 0.3) is 0 Å². The van der Waals surface area contributed by atoms with Gasteiger partial charge in [0.15, 0.2) is 5.78 Å². The predicted octanol–water partition coefficient (Wildman–Crippen LogP) is 4.90. The van der Waals surface area contributed by atoms with Crippen molar-refractivity contribution in [3.8, 4) is 5.75 Å². The molecule has 4 heteroatoms. The molecule has 0 amide bonds. The summed E-state index contributed by atoms with van der Waals surface area (Å²) in [6, 6.07) is 4.15. The Bertz CT molecular complexity index is 764. The molecule has 0 bridgehead atoms. The first kappa shape index (κ1) is 21.0. The van der Waals surface area contributed by atoms with E-state index in [1.807, 2.05) is 6.07 Å². The first-order chi connectivity index (χ1) is 13.2. The summed E-state index contributed by atoms with van der Waals surface area (Å²) in [5, 5.41) is 0. The van der Waals surface area contributed by atoms with Gasteiger partial charge in [-0.25, -0.2) is 0 Å². The van der Waals surface area contributed by atoms with Gasteiger partial charge in [0.05, 0.1) is 19.3 Å². The van der Waals surface area contributed by atoms with Crippen molar-refractivity contribution in [2.75, 3.05) is 20.8 Å². The Balaban J connectivity index is 2.00. The highest BCUT2D eigenvalue weighted by Crippen LogP contribution is 2.57. The van der Waals surface area contributed by atoms with Crippen LogP contribution in [0.15, 0.2) is 12.1 Å². The Labute approximate surface area is 169 Å². The molecule has 0 unspecified atom stereocenters. The van der Waals surface area contributed by atoms with E-state index in [0.717, 1.165) is 25.9 Å². The smallest absolute Gasteiger partial charge is 0.167 e. The van der Waals surface area contributed by atoms with Gasteiger partial charge in [0.2, 0.25) is 0 Å². The number of methoxy groups -OCH3 is 2. The molecule has 4 nitrogen and oxygen atoms in total. The number of rotatable bonds is 7. The van der Waals surface area contributed by atoms with Crippen LogP contribution in [-0.2, 0) is 21.4 Å². The second kappa shape index (κ2) is 7.98. The molecule has 1 saturated carbocycles. The number of fused-ring (bicyclic) bond motifs is 3. The van der Waals surface area contributed by atoms with Crippen molar-refractivity contribution in [3.05, 3.63) is 28.8 Å². The molecule has 1 aromatic carbocycles. The highest BCUT2D eigenvalue weighted by molar-refractivity contribution is 6.00. The molecule has 1 fully saturated rings. The number of Topliss-reactive ketones (excluding diaryl/α,β-unsaturated/α-hetero) is 2. The lowest BCUT2D eigenvalue weighted by Gasteiger charge is -2.55. The number of ether oxygens (including phenoxy) is 2. The lowest BCUT2D eigenvalue weighted by Crippen LogP contribution is -2.50. The topological polar surface area (TPSA) is 52.6 Å². The van der Waals surface area contributed by atoms with Crippen molar-refractivity contribution >= 4 is 11.6 Å². The summed E-state index contributed by atoms with van der Waals surface area (Å²) in [5.41, 5.74) is 3.49. The van der Waals surface area contributed by atoms with E-state index in [4.69, 9.17) is 9.47 Å². The van der Waals surface area contributed by atoms with E-state index in [1.165, 1.54) is 30.9 Å². The molecule has 0 saturated heterocycles. The second-order valence-corrected chi connectivity index (χ2v) is 9.28. The van der Waals surface area contributed by atoms with Crippen molar-refractivity contribution < 1.29 is 19.1 Å². The van der Waals surface area contributed by atoms with E-state index < -0.39 is 0 Å². The number of hydrogen-bond donors (Lipinski definition) is 0. The summed E-state index contributed by atoms with van der Waals surface area (Å²) in [4.78, 5) is 24.0. The van der Waals surface area contributed by atoms with Gasteiger partial charge in [0.25, 0.3) is 0 Å². The summed E-state index contributed by atoms with van der Waals surface area (Å²) < 4.78 is 11.2. The largest absolute Gasteiger partial charge is 0.496 e. The Morgan fingerprint density at radius 3 is 2.54 bits per heavy atom. The number of benzene rings is 1. The highest BCUT2D eigenvalue weighted by atomic mass is 16.5. The standard InChI is InChI=1S/C24H34O4/c1-16(25)7-9-20(26)18-13-17-8-10-22-23(2,15-27-4)11-6-12-24(22,3)19(17)14-21(18)28-5/h13-14,22H,6-12,15H2,1-5H3/t22-,23+,24+/m0/s1. The lowest BCUT2D eigenvalue weighted by atomic mass is 9.50. The summed E-state index contributed by atoms with van der Waals surface area (Å²) in [7, 11) is 3.43. The van der Waals surface area contributed by atoms with Crippen LogP contribution in [0.4, 0.5) is 0 Å². The predicted molar refractivity (Wildman–Crippen MR) is 110 cm³/mol. The van der Waals surface area contributed by atoms with Crippen molar-refractivity contribution in [3.63, 3.8) is 0 Å². The Kier molecular flexibility index (Phi) is 6.00. The molecule has 1 aromatic rings. The number of aryl methyl sites for hydroxylation is 1. The van der Waals surface area contributed by atoms with Gasteiger partial charge in [-0.3, -0.25) is 4.79 Å². The van der Waals surface area contributed by atoms with Gasteiger partial charge in [0.1, 0.15) is 11.5 Å². The van der Waals surface area contributed by atoms with E-state index in [1.54, 1.807) is 14.2 Å². The van der Waals surface area contributed by atoms with Gasteiger partial charge in [0, 0.05) is 20.0 Å². The maximum Gasteiger partial charge on any atom is 0.167 e. The zero-order valence-corrected chi connectivity index (χ0v) is 18.0. The first-order valence-electron chi connectivity index (χ1n) is 10.5. The molecule has 2 aliphatic carbocycles. The van der Waals surface area contributed by atoms with E-state index in [9.17, 15) is 9.59 Å². The second-order valence-electron chi connectivity index (χ2n) is 9.28. The summed E-state index contributed by atoms with van der Waals surface area (Å²) in [6.07, 6.45) is 6.18. The van der Waals surface area contributed by atoms with Gasteiger partial charge >= 0.3 is 0 Å². The van der Waals surface area contributed by atoms with Gasteiger partial charge in [-0.15, -0.1) is 0 Å². The Morgan fingerprint density at radius 2 is 1.89 bits per heavy atom. The number of carbonyl (C=O) groups is 2. The lowest BCUT2D eigenvalue weighted by molar-refractivity contribution is -0.116. The van der Waals surface area contributed by atoms with Crippen LogP contribution in [0.3, 0.4) is 0 Å². The normalized spacial score (nSPS) is 29.0. The molecule has 2 aliphatic rings. The zero-order chi connectivity index (χ0) is 20.5. The third kappa shape index (κ3) is 3.63. The van der Waals surface area contributed by atoms with E-state index in [0.29, 0.717) is 17.2 Å². The monoisotopic (exact) mass is 386 g/mol. The van der Waals surface area contributed by atoms with Crippen LogP contribution in [0, 0.1) is 11.3 Å². The van der Waals surface area contributed by atoms with Crippen molar-refractivity contribution in [1.29, 1.82) is 0 Å². The van der Waals surface area contributed by atoms with Crippen LogP contribution < -0.4 is 4.74 Å². The minimum absolute atomic E-state index is 0.00464. The molecule has 154 valence electrons. The number of ketones is 2. The minimum atomic E-state index is -0.00464. The fourth-order valence-corrected chi connectivity index (χ4v) is 5.94. The highest BCUT2D eigenvalue weighted by Gasteiger charge is 2.52. The van der Waals surface area contributed by atoms with E-state index in [-0.39, 0.29) is 35.2 Å². The van der Waals surface area contributed by atoms with Gasteiger partial charge in [-0.1, -0.05) is 20.3 Å². The average molecular weight is 387 g/mol. The Morgan fingerprint density at radius 1 is 1.14 bits per heavy atom. The molecule has 0 heterocycles. The van der Waals surface area contributed by atoms with Crippen LogP contribution in [0.2, 0.25) is 0 Å². The zero-order valence-electron chi connectivity index (χ0n) is 18.0. The van der Waals surface area contributed by atoms with Gasteiger partial charge in [-0.05, 0) is 72.6 Å². The molecule has 3 rings (SSSR count). The molecule has 0 radical (unpaired) electrons. The third-order valence-electron chi connectivity index (χ3n) is 7.28. The quantitative estimate of drug-likeness (QED) is 0.625. The molecule has 28 heavy (non-hydrogen) atoms. The third-order valence-corrected chi connectivity index (χ3v) is 7.28. The molecule has 0 aliphatic heterocycles. The van der Waals surface area contributed by atoms with Crippen molar-refractivity contribution in [2.24, 2.45) is 11.3 Å². The van der Waals surface area contributed by atoms with Crippen LogP contribution in [0.1, 0.15) is 80.8 Å². The summed E-state index contributed by atoms with van der Waals surface area (Å²) in [5.74, 6) is 1.24. The molecule has 0 spiro atoms. The number of carbonyl (C=O) groups excluding carboxylic acids is 2. The van der Waals surface area contributed by atoms with E-state index in [2.05, 4.69) is 19.9 Å². The van der Waals surface area contributed by atoms with Crippen LogP contribution in [0.5, 0.6) is 5.75 Å². The maximum atomic E-state index is 12.7. The molecular weight excluding hydrogens is 352 g/mol. The molecule has 3 atom stereocenters. The number of hydrogen-bond acceptors (Lipinski definition) is 4. The summed E-state index contributed by atoms with van der Waals surface area (Å²) in [6.45, 7) is 7.08. The van der Waals surface area contributed by atoms with Crippen LogP contribution >= 0.6 is 0 Å². The fourth-order valence-electron chi connectivity index (χ4n) is 5.94. The van der Waals surface area contributed by atoms with Gasteiger partial charge < -0.3 is 14.3 Å². The van der Waals surface area contributed by atoms with Crippen molar-refractivity contribution in [2.45, 2.75) is 71.1 Å². The van der Waals surface area contributed by atoms with Crippen LogP contribution in [-0.4, -0.2) is 32.4 Å². The maximum absolute atomic E-state index is 12.7. The van der Waals surface area contributed by atoms with Gasteiger partial charge in [-0.2, -0.15) is 0 Å². The van der Waals surface area contributed by atoms with Crippen molar-refractivity contribution in [1.82, 2.24) is 0 Å². The fraction of sp³-hybridized carbons (Fsp3) is 0.667. The SMILES string of the molecule is COC[C@@]1(C)CCC[C@]2(C)c3cc(OC)c(C(=O)CCC(C)=O)cc3CC[C@@H]12. The summed E-state index contributed by atoms with van der Waals surface area (Å²) >= 11 is 0. The Hall–Kier alpha value is -1.68.